The van der Waals surface area contributed by atoms with Crippen LogP contribution in [0, 0.1) is 0 Å². The van der Waals surface area contributed by atoms with Crippen LogP contribution in [0.5, 0.6) is 0 Å². The van der Waals surface area contributed by atoms with Gasteiger partial charge in [-0.1, -0.05) is 0 Å². The molecule has 17 heavy (non-hydrogen) atoms. The zero-order valence-electron chi connectivity index (χ0n) is 8.90. The molecule has 0 unspecified atom stereocenters. The summed E-state index contributed by atoms with van der Waals surface area (Å²) >= 11 is 0. The molecule has 1 aromatic heterocycles. The van der Waals surface area contributed by atoms with Gasteiger partial charge in [-0.05, 0) is 12.8 Å². The second-order valence-corrected chi connectivity index (χ2v) is 6.04. The predicted molar refractivity (Wildman–Crippen MR) is 56.1 cm³/mol. The lowest BCUT2D eigenvalue weighted by molar-refractivity contribution is 0.0691. The normalized spacial score (nSPS) is 23.3. The number of carboxylic acid groups (broad SMARTS) is 1. The number of aromatic carboxylic acids is 1. The van der Waals surface area contributed by atoms with Crippen LogP contribution >= 0.6 is 0 Å². The van der Waals surface area contributed by atoms with E-state index in [-0.39, 0.29) is 16.6 Å². The second-order valence-electron chi connectivity index (χ2n) is 4.24. The van der Waals surface area contributed by atoms with Gasteiger partial charge in [-0.15, -0.1) is 0 Å². The Kier molecular flexibility index (Phi) is 2.08. The summed E-state index contributed by atoms with van der Waals surface area (Å²) in [5, 5.41) is 12.6. The van der Waals surface area contributed by atoms with Crippen LogP contribution in [0.1, 0.15) is 23.2 Å². The first kappa shape index (κ1) is 10.7. The number of aromatic nitrogens is 2. The van der Waals surface area contributed by atoms with Crippen LogP contribution < -0.4 is 0 Å². The van der Waals surface area contributed by atoms with Crippen LogP contribution in [0.3, 0.4) is 0 Å². The topological polar surface area (TPSA) is 92.5 Å². The van der Waals surface area contributed by atoms with Gasteiger partial charge in [0.2, 0.25) is 0 Å². The smallest absolute Gasteiger partial charge is 0.340 e. The predicted octanol–water partition coefficient (Wildman–Crippen LogP) is -0.252. The summed E-state index contributed by atoms with van der Waals surface area (Å²) in [5.41, 5.74) is -0.240. The molecule has 0 amide bonds. The summed E-state index contributed by atoms with van der Waals surface area (Å²) < 4.78 is 27.2. The van der Waals surface area contributed by atoms with Crippen LogP contribution in [-0.4, -0.2) is 46.2 Å². The minimum Gasteiger partial charge on any atom is -0.478 e. The van der Waals surface area contributed by atoms with E-state index < -0.39 is 16.0 Å². The lowest BCUT2D eigenvalue weighted by Gasteiger charge is -2.27. The van der Waals surface area contributed by atoms with E-state index in [1.54, 1.807) is 0 Å². The Hall–Kier alpha value is -1.41. The van der Waals surface area contributed by atoms with Gasteiger partial charge < -0.3 is 5.11 Å². The number of hydrogen-bond donors (Lipinski definition) is 1. The fourth-order valence-electron chi connectivity index (χ4n) is 2.12. The largest absolute Gasteiger partial charge is 0.478 e. The van der Waals surface area contributed by atoms with Gasteiger partial charge >= 0.3 is 5.97 Å². The number of rotatable bonds is 2. The minimum atomic E-state index is -3.70. The molecule has 0 saturated heterocycles. The molecule has 0 aromatic carbocycles. The summed E-state index contributed by atoms with van der Waals surface area (Å²) in [7, 11) is -3.70. The third kappa shape index (κ3) is 1.48. The number of sulfonamides is 1. The second kappa shape index (κ2) is 3.30. The van der Waals surface area contributed by atoms with E-state index in [0.29, 0.717) is 13.1 Å². The molecule has 0 spiro atoms. The first-order chi connectivity index (χ1) is 8.01. The van der Waals surface area contributed by atoms with Crippen molar-refractivity contribution in [1.82, 2.24) is 14.1 Å². The maximum Gasteiger partial charge on any atom is 0.340 e. The van der Waals surface area contributed by atoms with Gasteiger partial charge in [-0.25, -0.2) is 13.2 Å². The van der Waals surface area contributed by atoms with Gasteiger partial charge in [0.15, 0.2) is 5.03 Å². The number of hydrogen-bond acceptors (Lipinski definition) is 4. The van der Waals surface area contributed by atoms with Crippen LogP contribution in [0.4, 0.5) is 0 Å². The Morgan fingerprint density at radius 1 is 1.41 bits per heavy atom. The van der Waals surface area contributed by atoms with Gasteiger partial charge in [0.1, 0.15) is 5.56 Å². The van der Waals surface area contributed by atoms with Crippen molar-refractivity contribution >= 4 is 16.0 Å². The minimum absolute atomic E-state index is 0.0466. The van der Waals surface area contributed by atoms with Crippen LogP contribution in [0.2, 0.25) is 0 Å². The van der Waals surface area contributed by atoms with Crippen molar-refractivity contribution in [3.8, 4) is 0 Å². The number of nitrogens with zero attached hydrogens (tertiary/aromatic N) is 3. The number of fused-ring (bicyclic) bond motifs is 1. The maximum absolute atomic E-state index is 12.3. The van der Waals surface area contributed by atoms with Crippen molar-refractivity contribution in [2.24, 2.45) is 0 Å². The van der Waals surface area contributed by atoms with E-state index in [1.165, 1.54) is 8.99 Å². The Labute approximate surface area is 97.7 Å². The monoisotopic (exact) mass is 257 g/mol. The first-order valence-electron chi connectivity index (χ1n) is 5.33. The van der Waals surface area contributed by atoms with E-state index in [2.05, 4.69) is 5.10 Å². The van der Waals surface area contributed by atoms with Crippen LogP contribution in [0.15, 0.2) is 11.2 Å². The summed E-state index contributed by atoms with van der Waals surface area (Å²) in [6.45, 7) is 0.791. The van der Waals surface area contributed by atoms with Crippen molar-refractivity contribution in [2.75, 3.05) is 6.54 Å². The molecule has 7 nitrogen and oxygen atoms in total. The molecule has 92 valence electrons. The quantitative estimate of drug-likeness (QED) is 0.788. The highest BCUT2D eigenvalue weighted by Crippen LogP contribution is 2.35. The molecular weight excluding hydrogens is 246 g/mol. The maximum atomic E-state index is 12.3. The lowest BCUT2D eigenvalue weighted by Crippen LogP contribution is -2.42. The molecule has 0 radical (unpaired) electrons. The van der Waals surface area contributed by atoms with Crippen molar-refractivity contribution in [1.29, 1.82) is 0 Å². The van der Waals surface area contributed by atoms with Gasteiger partial charge in [0.25, 0.3) is 10.0 Å². The summed E-state index contributed by atoms with van der Waals surface area (Å²) in [4.78, 5) is 11.0. The SMILES string of the molecule is O=C(O)c1cnn2c1S(=O)(=O)N(C1CC1)CC2. The molecule has 1 aliphatic heterocycles. The zero-order chi connectivity index (χ0) is 12.2. The Balaban J connectivity index is 2.16. The van der Waals surface area contributed by atoms with Crippen LogP contribution in [0.25, 0.3) is 0 Å². The standard InChI is InChI=1S/C9H11N3O4S/c13-9(14)7-5-10-11-3-4-12(6-1-2-6)17(15,16)8(7)11/h5-6H,1-4H2,(H,13,14). The fraction of sp³-hybridized carbons (Fsp3) is 0.556. The molecule has 2 aliphatic rings. The number of carbonyl (C=O) groups is 1. The molecule has 1 saturated carbocycles. The Bertz CT molecular complexity index is 587. The highest BCUT2D eigenvalue weighted by atomic mass is 32.2. The highest BCUT2D eigenvalue weighted by molar-refractivity contribution is 7.89. The first-order valence-corrected chi connectivity index (χ1v) is 6.77. The van der Waals surface area contributed by atoms with Crippen molar-refractivity contribution in [2.45, 2.75) is 30.5 Å². The van der Waals surface area contributed by atoms with Crippen molar-refractivity contribution in [3.05, 3.63) is 11.8 Å². The van der Waals surface area contributed by atoms with Gasteiger partial charge in [0, 0.05) is 12.6 Å². The fourth-order valence-corrected chi connectivity index (χ4v) is 4.09. The molecule has 0 bridgehead atoms. The molecule has 1 fully saturated rings. The van der Waals surface area contributed by atoms with Gasteiger partial charge in [0.05, 0.1) is 12.7 Å². The molecule has 2 heterocycles. The van der Waals surface area contributed by atoms with E-state index in [9.17, 15) is 13.2 Å². The highest BCUT2D eigenvalue weighted by Gasteiger charge is 2.44. The van der Waals surface area contributed by atoms with Crippen molar-refractivity contribution < 1.29 is 18.3 Å². The van der Waals surface area contributed by atoms with Gasteiger partial charge in [-0.3, -0.25) is 4.68 Å². The third-order valence-electron chi connectivity index (χ3n) is 3.06. The average Bonchev–Trinajstić information content (AvgIpc) is 2.95. The Morgan fingerprint density at radius 2 is 2.12 bits per heavy atom. The van der Waals surface area contributed by atoms with Crippen molar-refractivity contribution in [3.63, 3.8) is 0 Å². The summed E-state index contributed by atoms with van der Waals surface area (Å²) in [5.74, 6) is -1.26. The zero-order valence-corrected chi connectivity index (χ0v) is 9.72. The average molecular weight is 257 g/mol. The Morgan fingerprint density at radius 3 is 2.71 bits per heavy atom. The van der Waals surface area contributed by atoms with E-state index in [1.807, 2.05) is 0 Å². The lowest BCUT2D eigenvalue weighted by atomic mass is 10.4. The van der Waals surface area contributed by atoms with E-state index in [4.69, 9.17) is 5.11 Å². The number of carboxylic acids is 1. The molecule has 3 rings (SSSR count). The molecule has 1 aliphatic carbocycles. The molecular formula is C9H11N3O4S. The molecule has 8 heteroatoms. The van der Waals surface area contributed by atoms with E-state index in [0.717, 1.165) is 19.0 Å². The third-order valence-corrected chi connectivity index (χ3v) is 5.08. The molecule has 1 aromatic rings. The summed E-state index contributed by atoms with van der Waals surface area (Å²) in [6.07, 6.45) is 2.82. The van der Waals surface area contributed by atoms with E-state index >= 15 is 0 Å². The van der Waals surface area contributed by atoms with Gasteiger partial charge in [-0.2, -0.15) is 9.40 Å². The molecule has 1 N–H and O–H groups in total. The van der Waals surface area contributed by atoms with Crippen LogP contribution in [-0.2, 0) is 16.6 Å². The molecule has 0 atom stereocenters. The summed E-state index contributed by atoms with van der Waals surface area (Å²) in [6, 6.07) is 0.0466.